The predicted octanol–water partition coefficient (Wildman–Crippen LogP) is 18.6. The Morgan fingerprint density at radius 3 is 1.13 bits per heavy atom. The summed E-state index contributed by atoms with van der Waals surface area (Å²) in [7, 11) is 0. The number of ether oxygens (including phenoxy) is 3. The molecular formula is C72H139NO10. The molecular weight excluding hydrogens is 1040 g/mol. The van der Waals surface area contributed by atoms with Crippen molar-refractivity contribution in [1.82, 2.24) is 5.32 Å². The van der Waals surface area contributed by atoms with Crippen LogP contribution >= 0.6 is 0 Å². The van der Waals surface area contributed by atoms with E-state index in [9.17, 15) is 35.1 Å². The van der Waals surface area contributed by atoms with Crippen molar-refractivity contribution in [3.8, 4) is 0 Å². The number of allylic oxidation sites excluding steroid dienone is 1. The molecule has 1 aliphatic rings. The van der Waals surface area contributed by atoms with Crippen LogP contribution in [0.5, 0.6) is 0 Å². The minimum atomic E-state index is -1.61. The summed E-state index contributed by atoms with van der Waals surface area (Å²) in [6.45, 7) is 5.85. The molecule has 6 N–H and O–H groups in total. The Morgan fingerprint density at radius 2 is 0.783 bits per heavy atom. The van der Waals surface area contributed by atoms with Gasteiger partial charge in [0.25, 0.3) is 0 Å². The second-order valence-corrected chi connectivity index (χ2v) is 25.7. The van der Waals surface area contributed by atoms with E-state index in [4.69, 9.17) is 14.2 Å². The zero-order valence-corrected chi connectivity index (χ0v) is 54.9. The first-order chi connectivity index (χ1) is 40.7. The first-order valence-electron chi connectivity index (χ1n) is 36.5. The normalized spacial score (nSPS) is 18.5. The molecule has 1 rings (SSSR count). The highest BCUT2D eigenvalue weighted by Crippen LogP contribution is 2.27. The highest BCUT2D eigenvalue weighted by atomic mass is 16.7. The Labute approximate surface area is 512 Å². The second kappa shape index (κ2) is 60.7. The maximum Gasteiger partial charge on any atom is 0.306 e. The maximum atomic E-state index is 13.4. The Kier molecular flexibility index (Phi) is 58.1. The fourth-order valence-electron chi connectivity index (χ4n) is 12.0. The number of aliphatic hydroxyl groups is 5. The number of carbonyl (C=O) groups is 2. The van der Waals surface area contributed by atoms with E-state index < -0.39 is 67.4 Å². The molecule has 0 aromatic heterocycles. The van der Waals surface area contributed by atoms with E-state index in [0.717, 1.165) is 57.8 Å². The van der Waals surface area contributed by atoms with Crippen molar-refractivity contribution >= 4 is 11.9 Å². The molecule has 11 heteroatoms. The van der Waals surface area contributed by atoms with E-state index in [1.165, 1.54) is 270 Å². The van der Waals surface area contributed by atoms with Crippen molar-refractivity contribution < 1.29 is 49.3 Å². The summed E-state index contributed by atoms with van der Waals surface area (Å²) < 4.78 is 17.7. The lowest BCUT2D eigenvalue weighted by Crippen LogP contribution is -2.61. The fraction of sp³-hybridized carbons (Fsp3) is 0.944. The molecule has 1 fully saturated rings. The smallest absolute Gasteiger partial charge is 0.306 e. The molecule has 1 heterocycles. The molecule has 0 radical (unpaired) electrons. The van der Waals surface area contributed by atoms with E-state index in [1.54, 1.807) is 6.08 Å². The number of hydrogen-bond acceptors (Lipinski definition) is 10. The number of hydrogen-bond donors (Lipinski definition) is 6. The minimum Gasteiger partial charge on any atom is -0.454 e. The van der Waals surface area contributed by atoms with Crippen LogP contribution in [0.1, 0.15) is 374 Å². The number of nitrogens with one attached hydrogen (secondary N) is 1. The van der Waals surface area contributed by atoms with Crippen LogP contribution in [0.2, 0.25) is 0 Å². The number of esters is 1. The average molecular weight is 1180 g/mol. The highest BCUT2D eigenvalue weighted by molar-refractivity contribution is 5.80. The quantitative estimate of drug-likeness (QED) is 0.0195. The lowest BCUT2D eigenvalue weighted by molar-refractivity contribution is -0.305. The van der Waals surface area contributed by atoms with Crippen LogP contribution in [0.15, 0.2) is 12.2 Å². The van der Waals surface area contributed by atoms with Gasteiger partial charge in [-0.1, -0.05) is 354 Å². The Morgan fingerprint density at radius 1 is 0.458 bits per heavy atom. The molecule has 1 amide bonds. The van der Waals surface area contributed by atoms with Gasteiger partial charge in [0.1, 0.15) is 24.4 Å². The highest BCUT2D eigenvalue weighted by Gasteiger charge is 2.47. The molecule has 0 spiro atoms. The number of unbranched alkanes of at least 4 members (excludes halogenated alkanes) is 50. The van der Waals surface area contributed by atoms with Crippen molar-refractivity contribution in [2.45, 2.75) is 423 Å². The summed E-state index contributed by atoms with van der Waals surface area (Å²) in [6, 6.07) is -1.02. The number of aliphatic hydroxyl groups excluding tert-OH is 5. The monoisotopic (exact) mass is 1180 g/mol. The van der Waals surface area contributed by atoms with Crippen LogP contribution in [0.25, 0.3) is 0 Å². The molecule has 0 saturated carbocycles. The summed E-state index contributed by atoms with van der Waals surface area (Å²) in [5, 5.41) is 57.2. The molecule has 83 heavy (non-hydrogen) atoms. The fourth-order valence-corrected chi connectivity index (χ4v) is 12.0. The molecule has 0 aromatic rings. The molecule has 8 unspecified atom stereocenters. The van der Waals surface area contributed by atoms with Crippen molar-refractivity contribution in [3.63, 3.8) is 0 Å². The van der Waals surface area contributed by atoms with E-state index >= 15 is 0 Å². The SMILES string of the molecule is CCCCCCCCCCC/C=C/C(O)C(COC1OC(CO)C(O)C(O)C1OC(=O)CCCCCCCCCCCCCCCCCCCCCCCCCCCCC)NC(=O)C(O)CCCCCCCCCCCCCCCCCC. The summed E-state index contributed by atoms with van der Waals surface area (Å²) in [4.78, 5) is 26.6. The average Bonchev–Trinajstić information content (AvgIpc) is 3.67. The van der Waals surface area contributed by atoms with Gasteiger partial charge in [-0.15, -0.1) is 0 Å². The molecule has 1 saturated heterocycles. The molecule has 8 atom stereocenters. The van der Waals surface area contributed by atoms with E-state index in [1.807, 2.05) is 6.08 Å². The van der Waals surface area contributed by atoms with Gasteiger partial charge >= 0.3 is 5.97 Å². The second-order valence-electron chi connectivity index (χ2n) is 25.7. The van der Waals surface area contributed by atoms with Gasteiger partial charge in [-0.3, -0.25) is 9.59 Å². The third-order valence-electron chi connectivity index (χ3n) is 17.7. The standard InChI is InChI=1S/C72H139NO10/c1-4-7-10-13-16-19-22-24-26-28-29-30-31-32-33-34-35-36-37-38-40-42-45-48-51-54-57-60-67(77)83-70-69(79)68(78)66(61-74)82-72(70)81-62-63(64(75)58-55-52-49-46-43-21-18-15-12-9-6-3)73-71(80)65(76)59-56-53-50-47-44-41-39-27-25-23-20-17-14-11-8-5-2/h55,58,63-66,68-70,72,74-76,78-79H,4-54,56-57,59-62H2,1-3H3,(H,73,80)/b58-55+. The molecule has 0 aromatic carbocycles. The third-order valence-corrected chi connectivity index (χ3v) is 17.7. The van der Waals surface area contributed by atoms with Crippen LogP contribution in [0.3, 0.4) is 0 Å². The summed E-state index contributed by atoms with van der Waals surface area (Å²) in [6.07, 6.45) is 61.3. The van der Waals surface area contributed by atoms with Gasteiger partial charge in [0.05, 0.1) is 25.4 Å². The van der Waals surface area contributed by atoms with Crippen molar-refractivity contribution in [3.05, 3.63) is 12.2 Å². The van der Waals surface area contributed by atoms with Gasteiger partial charge in [-0.25, -0.2) is 0 Å². The number of rotatable bonds is 64. The van der Waals surface area contributed by atoms with E-state index in [-0.39, 0.29) is 13.0 Å². The summed E-state index contributed by atoms with van der Waals surface area (Å²) >= 11 is 0. The Hall–Kier alpha value is -1.60. The number of amides is 1. The third kappa shape index (κ3) is 48.1. The molecule has 0 aliphatic carbocycles. The lowest BCUT2D eigenvalue weighted by atomic mass is 9.99. The Bertz CT molecular complexity index is 1400. The Balaban J connectivity index is 2.48. The van der Waals surface area contributed by atoms with Crippen LogP contribution in [0, 0.1) is 0 Å². The van der Waals surface area contributed by atoms with E-state index in [2.05, 4.69) is 26.1 Å². The van der Waals surface area contributed by atoms with Gasteiger partial charge in [0, 0.05) is 6.42 Å². The summed E-state index contributed by atoms with van der Waals surface area (Å²) in [5.41, 5.74) is 0. The molecule has 0 bridgehead atoms. The number of carbonyl (C=O) groups excluding carboxylic acids is 2. The van der Waals surface area contributed by atoms with Gasteiger partial charge in [-0.05, 0) is 25.7 Å². The summed E-state index contributed by atoms with van der Waals surface area (Å²) in [5.74, 6) is -1.17. The van der Waals surface area contributed by atoms with Crippen LogP contribution in [0.4, 0.5) is 0 Å². The van der Waals surface area contributed by atoms with Gasteiger partial charge in [0.15, 0.2) is 12.4 Å². The van der Waals surface area contributed by atoms with Crippen molar-refractivity contribution in [2.24, 2.45) is 0 Å². The lowest BCUT2D eigenvalue weighted by Gasteiger charge is -2.41. The zero-order valence-electron chi connectivity index (χ0n) is 54.9. The molecule has 1 aliphatic heterocycles. The predicted molar refractivity (Wildman–Crippen MR) is 348 cm³/mol. The van der Waals surface area contributed by atoms with Crippen molar-refractivity contribution in [2.75, 3.05) is 13.2 Å². The van der Waals surface area contributed by atoms with Crippen molar-refractivity contribution in [1.29, 1.82) is 0 Å². The van der Waals surface area contributed by atoms with Gasteiger partial charge in [-0.2, -0.15) is 0 Å². The molecule has 11 nitrogen and oxygen atoms in total. The van der Waals surface area contributed by atoms with Crippen LogP contribution in [-0.2, 0) is 23.8 Å². The first kappa shape index (κ1) is 79.4. The maximum absolute atomic E-state index is 13.4. The largest absolute Gasteiger partial charge is 0.454 e. The first-order valence-corrected chi connectivity index (χ1v) is 36.5. The van der Waals surface area contributed by atoms with Gasteiger partial charge in [0.2, 0.25) is 5.91 Å². The van der Waals surface area contributed by atoms with Gasteiger partial charge < -0.3 is 45.1 Å². The zero-order chi connectivity index (χ0) is 60.3. The van der Waals surface area contributed by atoms with Crippen LogP contribution in [-0.4, -0.2) is 99.6 Å². The van der Waals surface area contributed by atoms with Crippen LogP contribution < -0.4 is 5.32 Å². The topological polar surface area (TPSA) is 175 Å². The van der Waals surface area contributed by atoms with E-state index in [0.29, 0.717) is 19.3 Å². The minimum absolute atomic E-state index is 0.132. The molecule has 492 valence electrons.